The van der Waals surface area contributed by atoms with E-state index in [4.69, 9.17) is 0 Å². The molecule has 1 heterocycles. The maximum absolute atomic E-state index is 3.32. The van der Waals surface area contributed by atoms with Gasteiger partial charge in [0.25, 0.3) is 0 Å². The van der Waals surface area contributed by atoms with E-state index in [2.05, 4.69) is 17.3 Å². The van der Waals surface area contributed by atoms with Crippen molar-refractivity contribution in [3.8, 4) is 0 Å². The molecule has 2 nitrogen and oxygen atoms in total. The van der Waals surface area contributed by atoms with Crippen LogP contribution in [0.15, 0.2) is 0 Å². The van der Waals surface area contributed by atoms with Crippen LogP contribution in [0.4, 0.5) is 0 Å². The topological polar surface area (TPSA) is 15.3 Å². The molecular formula is C11H22N2. The average molecular weight is 182 g/mol. The van der Waals surface area contributed by atoms with Crippen molar-refractivity contribution >= 4 is 0 Å². The van der Waals surface area contributed by atoms with Crippen LogP contribution < -0.4 is 5.32 Å². The Morgan fingerprint density at radius 1 is 1.15 bits per heavy atom. The molecule has 0 radical (unpaired) electrons. The van der Waals surface area contributed by atoms with E-state index in [9.17, 15) is 0 Å². The number of hydrogen-bond donors (Lipinski definition) is 1. The molecule has 1 saturated carbocycles. The SMILES string of the molecule is CNC[C@H]1CCCN1C1CCCC1. The molecule has 0 spiro atoms. The van der Waals surface area contributed by atoms with E-state index in [0.717, 1.165) is 12.1 Å². The predicted octanol–water partition coefficient (Wildman–Crippen LogP) is 1.61. The quantitative estimate of drug-likeness (QED) is 0.713. The molecule has 2 rings (SSSR count). The lowest BCUT2D eigenvalue weighted by molar-refractivity contribution is 0.180. The third-order valence-corrected chi connectivity index (χ3v) is 3.66. The van der Waals surface area contributed by atoms with E-state index in [-0.39, 0.29) is 0 Å². The summed E-state index contributed by atoms with van der Waals surface area (Å²) in [6, 6.07) is 1.77. The van der Waals surface area contributed by atoms with Gasteiger partial charge in [-0.15, -0.1) is 0 Å². The van der Waals surface area contributed by atoms with Gasteiger partial charge in [-0.2, -0.15) is 0 Å². The van der Waals surface area contributed by atoms with Gasteiger partial charge in [-0.1, -0.05) is 12.8 Å². The lowest BCUT2D eigenvalue weighted by atomic mass is 10.1. The maximum atomic E-state index is 3.32. The van der Waals surface area contributed by atoms with Crippen LogP contribution in [0.3, 0.4) is 0 Å². The predicted molar refractivity (Wildman–Crippen MR) is 55.9 cm³/mol. The summed E-state index contributed by atoms with van der Waals surface area (Å²) in [4.78, 5) is 2.77. The van der Waals surface area contributed by atoms with Crippen molar-refractivity contribution in [1.82, 2.24) is 10.2 Å². The van der Waals surface area contributed by atoms with Crippen molar-refractivity contribution in [2.75, 3.05) is 20.1 Å². The van der Waals surface area contributed by atoms with Crippen LogP contribution in [-0.2, 0) is 0 Å². The minimum absolute atomic E-state index is 0.841. The first-order chi connectivity index (χ1) is 6.42. The zero-order chi connectivity index (χ0) is 9.10. The summed E-state index contributed by atoms with van der Waals surface area (Å²) in [6.07, 6.45) is 8.68. The molecule has 1 N–H and O–H groups in total. The molecule has 1 saturated heterocycles. The molecule has 76 valence electrons. The summed E-state index contributed by atoms with van der Waals surface area (Å²) < 4.78 is 0. The van der Waals surface area contributed by atoms with Crippen molar-refractivity contribution in [3.05, 3.63) is 0 Å². The molecule has 0 aromatic rings. The van der Waals surface area contributed by atoms with Crippen LogP contribution in [0, 0.1) is 0 Å². The van der Waals surface area contributed by atoms with Gasteiger partial charge in [-0.25, -0.2) is 0 Å². The number of likely N-dealkylation sites (N-methyl/N-ethyl adjacent to an activating group) is 1. The van der Waals surface area contributed by atoms with E-state index < -0.39 is 0 Å². The number of nitrogens with zero attached hydrogens (tertiary/aromatic N) is 1. The highest BCUT2D eigenvalue weighted by Crippen LogP contribution is 2.29. The van der Waals surface area contributed by atoms with Crippen LogP contribution in [0.2, 0.25) is 0 Å². The Bertz CT molecular complexity index is 152. The summed E-state index contributed by atoms with van der Waals surface area (Å²) >= 11 is 0. The van der Waals surface area contributed by atoms with Crippen molar-refractivity contribution in [2.24, 2.45) is 0 Å². The summed E-state index contributed by atoms with van der Waals surface area (Å²) in [7, 11) is 2.07. The van der Waals surface area contributed by atoms with E-state index >= 15 is 0 Å². The summed E-state index contributed by atoms with van der Waals surface area (Å²) in [5.74, 6) is 0. The second-order valence-electron chi connectivity index (χ2n) is 4.53. The molecule has 0 unspecified atom stereocenters. The second-order valence-corrected chi connectivity index (χ2v) is 4.53. The molecular weight excluding hydrogens is 160 g/mol. The highest BCUT2D eigenvalue weighted by atomic mass is 15.2. The van der Waals surface area contributed by atoms with Crippen LogP contribution in [0.25, 0.3) is 0 Å². The molecule has 2 heteroatoms. The van der Waals surface area contributed by atoms with Gasteiger partial charge in [-0.05, 0) is 39.3 Å². The number of nitrogens with one attached hydrogen (secondary N) is 1. The Morgan fingerprint density at radius 2 is 1.92 bits per heavy atom. The Labute approximate surface area is 81.7 Å². The lowest BCUT2D eigenvalue weighted by Gasteiger charge is -2.30. The number of likely N-dealkylation sites (tertiary alicyclic amines) is 1. The number of rotatable bonds is 3. The zero-order valence-corrected chi connectivity index (χ0v) is 8.76. The Kier molecular flexibility index (Phi) is 3.23. The van der Waals surface area contributed by atoms with Crippen molar-refractivity contribution in [3.63, 3.8) is 0 Å². The van der Waals surface area contributed by atoms with Gasteiger partial charge in [-0.3, -0.25) is 4.90 Å². The van der Waals surface area contributed by atoms with E-state index in [1.807, 2.05) is 0 Å². The summed E-state index contributed by atoms with van der Waals surface area (Å²) in [5, 5.41) is 3.32. The first-order valence-corrected chi connectivity index (χ1v) is 5.82. The minimum Gasteiger partial charge on any atom is -0.318 e. The monoisotopic (exact) mass is 182 g/mol. The van der Waals surface area contributed by atoms with E-state index in [1.165, 1.54) is 51.6 Å². The molecule has 2 fully saturated rings. The zero-order valence-electron chi connectivity index (χ0n) is 8.76. The van der Waals surface area contributed by atoms with Crippen molar-refractivity contribution in [2.45, 2.75) is 50.6 Å². The fourth-order valence-corrected chi connectivity index (χ4v) is 3.03. The lowest BCUT2D eigenvalue weighted by Crippen LogP contribution is -2.42. The van der Waals surface area contributed by atoms with Gasteiger partial charge in [0.05, 0.1) is 0 Å². The number of hydrogen-bond acceptors (Lipinski definition) is 2. The molecule has 0 bridgehead atoms. The van der Waals surface area contributed by atoms with Gasteiger partial charge in [0.2, 0.25) is 0 Å². The largest absolute Gasteiger partial charge is 0.318 e. The van der Waals surface area contributed by atoms with Crippen LogP contribution in [0.1, 0.15) is 38.5 Å². The third-order valence-electron chi connectivity index (χ3n) is 3.66. The van der Waals surface area contributed by atoms with E-state index in [1.54, 1.807) is 0 Å². The summed E-state index contributed by atoms with van der Waals surface area (Å²) in [5.41, 5.74) is 0. The highest BCUT2D eigenvalue weighted by molar-refractivity contribution is 4.87. The van der Waals surface area contributed by atoms with Gasteiger partial charge in [0.15, 0.2) is 0 Å². The van der Waals surface area contributed by atoms with Gasteiger partial charge in [0.1, 0.15) is 0 Å². The first-order valence-electron chi connectivity index (χ1n) is 5.82. The Hall–Kier alpha value is -0.0800. The highest BCUT2D eigenvalue weighted by Gasteiger charge is 2.31. The smallest absolute Gasteiger partial charge is 0.0223 e. The van der Waals surface area contributed by atoms with Gasteiger partial charge in [0, 0.05) is 18.6 Å². The van der Waals surface area contributed by atoms with Crippen LogP contribution >= 0.6 is 0 Å². The maximum Gasteiger partial charge on any atom is 0.0223 e. The van der Waals surface area contributed by atoms with E-state index in [0.29, 0.717) is 0 Å². The Morgan fingerprint density at radius 3 is 2.62 bits per heavy atom. The van der Waals surface area contributed by atoms with Gasteiger partial charge < -0.3 is 5.32 Å². The van der Waals surface area contributed by atoms with Gasteiger partial charge >= 0.3 is 0 Å². The minimum atomic E-state index is 0.841. The molecule has 0 aromatic heterocycles. The standard InChI is InChI=1S/C11H22N2/c1-12-9-11-7-4-8-13(11)10-5-2-3-6-10/h10-12H,2-9H2,1H3/t11-/m1/s1. The van der Waals surface area contributed by atoms with Crippen LogP contribution in [0.5, 0.6) is 0 Å². The fraction of sp³-hybridized carbons (Fsp3) is 1.00. The molecule has 1 aliphatic carbocycles. The van der Waals surface area contributed by atoms with Crippen LogP contribution in [-0.4, -0.2) is 37.1 Å². The normalized spacial score (nSPS) is 31.6. The van der Waals surface area contributed by atoms with Crippen molar-refractivity contribution in [1.29, 1.82) is 0 Å². The third kappa shape index (κ3) is 2.05. The molecule has 13 heavy (non-hydrogen) atoms. The first kappa shape index (κ1) is 9.47. The Balaban J connectivity index is 1.88. The molecule has 2 aliphatic rings. The fourth-order valence-electron chi connectivity index (χ4n) is 3.03. The molecule has 1 atom stereocenters. The molecule has 1 aliphatic heterocycles. The van der Waals surface area contributed by atoms with Crippen molar-refractivity contribution < 1.29 is 0 Å². The molecule has 0 amide bonds. The second kappa shape index (κ2) is 4.43. The molecule has 0 aromatic carbocycles. The summed E-state index contributed by atoms with van der Waals surface area (Å²) in [6.45, 7) is 2.55. The average Bonchev–Trinajstić information content (AvgIpc) is 2.71.